The van der Waals surface area contributed by atoms with Crippen LogP contribution in [0.3, 0.4) is 0 Å². The van der Waals surface area contributed by atoms with E-state index >= 15 is 0 Å². The molecule has 0 aliphatic carbocycles. The molecule has 1 aromatic rings. The zero-order chi connectivity index (χ0) is 12.2. The average Bonchev–Trinajstić information content (AvgIpc) is 2.18. The first-order chi connectivity index (χ1) is 7.37. The molecule has 0 atom stereocenters. The third-order valence-corrected chi connectivity index (χ3v) is 3.54. The fourth-order valence-corrected chi connectivity index (χ4v) is 1.98. The van der Waals surface area contributed by atoms with Crippen molar-refractivity contribution in [3.05, 3.63) is 17.3 Å². The van der Waals surface area contributed by atoms with Crippen molar-refractivity contribution >= 4 is 43.3 Å². The number of carbonyl (C=O) groups is 1. The molecule has 0 aromatic carbocycles. The first-order valence-corrected chi connectivity index (χ1v) is 7.27. The summed E-state index contributed by atoms with van der Waals surface area (Å²) in [4.78, 5) is 11.1. The minimum Gasteiger partial charge on any atom is -0.766 e. The molecule has 0 bridgehead atoms. The maximum absolute atomic E-state index is 11.1. The Kier molecular flexibility index (Phi) is 11.8. The van der Waals surface area contributed by atoms with Gasteiger partial charge >= 0.3 is 59.1 Å². The van der Waals surface area contributed by atoms with Crippen LogP contribution >= 0.6 is 11.6 Å². The molecular weight excluding hydrogens is 324 g/mol. The monoisotopic (exact) mass is 329 g/mol. The maximum Gasteiger partial charge on any atom is 1.00 e. The molecular formula is C6H6ClN3Na2O4S2. The van der Waals surface area contributed by atoms with E-state index < -0.39 is 31.6 Å². The molecule has 18 heavy (non-hydrogen) atoms. The van der Waals surface area contributed by atoms with Crippen LogP contribution in [0.15, 0.2) is 12.1 Å². The normalized spacial score (nSPS) is 10.1. The predicted octanol–water partition coefficient (Wildman–Crippen LogP) is -6.65. The first-order valence-electron chi connectivity index (χ1n) is 3.80. The zero-order valence-electron chi connectivity index (χ0n) is 9.62. The first kappa shape index (κ1) is 21.4. The summed E-state index contributed by atoms with van der Waals surface area (Å²) in [6.45, 7) is 0. The maximum atomic E-state index is 11.1. The van der Waals surface area contributed by atoms with Crippen LogP contribution in [-0.4, -0.2) is 34.8 Å². The van der Waals surface area contributed by atoms with Crippen LogP contribution in [0.4, 0.5) is 5.82 Å². The van der Waals surface area contributed by atoms with E-state index in [1.807, 2.05) is 0 Å². The van der Waals surface area contributed by atoms with E-state index in [1.165, 1.54) is 12.1 Å². The second kappa shape index (κ2) is 9.92. The van der Waals surface area contributed by atoms with Crippen LogP contribution in [-0.2, 0) is 24.7 Å². The largest absolute Gasteiger partial charge is 1.00 e. The molecule has 0 fully saturated rings. The summed E-state index contributed by atoms with van der Waals surface area (Å²) in [6, 6.07) is 2.81. The smallest absolute Gasteiger partial charge is 0.766 e. The second-order valence-corrected chi connectivity index (χ2v) is 6.44. The van der Waals surface area contributed by atoms with Gasteiger partial charge in [0, 0.05) is 9.15 Å². The summed E-state index contributed by atoms with van der Waals surface area (Å²) in [7, 11) is -4.92. The third-order valence-electron chi connectivity index (χ3n) is 1.27. The molecule has 1 N–H and O–H groups in total. The van der Waals surface area contributed by atoms with E-state index in [4.69, 9.17) is 11.6 Å². The Morgan fingerprint density at radius 2 is 2.00 bits per heavy atom. The third kappa shape index (κ3) is 9.96. The van der Waals surface area contributed by atoms with Gasteiger partial charge in [-0.15, -0.1) is 10.2 Å². The molecule has 0 aliphatic rings. The summed E-state index contributed by atoms with van der Waals surface area (Å²) in [5.41, 5.74) is 0. The molecule has 1 rings (SSSR count). The number of rotatable bonds is 4. The molecule has 0 unspecified atom stereocenters. The van der Waals surface area contributed by atoms with Gasteiger partial charge in [0.2, 0.25) is 5.91 Å². The Hall–Kier alpha value is 1.10. The molecule has 1 heterocycles. The van der Waals surface area contributed by atoms with Gasteiger partial charge in [-0.25, -0.2) is 0 Å². The Bertz CT molecular complexity index is 484. The van der Waals surface area contributed by atoms with E-state index in [-0.39, 0.29) is 70.1 Å². The van der Waals surface area contributed by atoms with Gasteiger partial charge < -0.3 is 20.7 Å². The van der Waals surface area contributed by atoms with Crippen LogP contribution in [0.1, 0.15) is 0 Å². The van der Waals surface area contributed by atoms with Gasteiger partial charge in [-0.3, -0.25) is 13.2 Å². The minimum atomic E-state index is -4.41. The van der Waals surface area contributed by atoms with Gasteiger partial charge in [0.25, 0.3) is 0 Å². The van der Waals surface area contributed by atoms with E-state index in [0.717, 1.165) is 0 Å². The number of nitrogens with zero attached hydrogens (tertiary/aromatic N) is 2. The van der Waals surface area contributed by atoms with Crippen molar-refractivity contribution in [3.63, 3.8) is 0 Å². The molecule has 90 valence electrons. The standard InChI is InChI=1S/C6H7ClN3O4S2.2Na/c7-4-1-2-5(10-9-4)8-6(11)3-15-16(12,13)14;;/h1-2,15H,3H2,(H,8,10,11)(H,12,13,14);;/q-1;2*+1/p-1. The van der Waals surface area contributed by atoms with Crippen LogP contribution in [0, 0.1) is 0 Å². The van der Waals surface area contributed by atoms with Crippen LogP contribution in [0.5, 0.6) is 0 Å². The number of carbonyl (C=O) groups excluding carboxylic acids is 1. The minimum absolute atomic E-state index is 0. The van der Waals surface area contributed by atoms with E-state index in [2.05, 4.69) is 15.5 Å². The van der Waals surface area contributed by atoms with Gasteiger partial charge in [-0.1, -0.05) is 17.4 Å². The van der Waals surface area contributed by atoms with E-state index in [1.54, 1.807) is 0 Å². The molecule has 0 radical (unpaired) electrons. The van der Waals surface area contributed by atoms with Crippen molar-refractivity contribution in [2.24, 2.45) is 0 Å². The van der Waals surface area contributed by atoms with Crippen LogP contribution in [0.25, 0.3) is 0 Å². The van der Waals surface area contributed by atoms with E-state index in [9.17, 15) is 17.8 Å². The van der Waals surface area contributed by atoms with Crippen LogP contribution in [0.2, 0.25) is 5.15 Å². The van der Waals surface area contributed by atoms with Crippen molar-refractivity contribution in [2.45, 2.75) is 0 Å². The molecule has 7 nitrogen and oxygen atoms in total. The summed E-state index contributed by atoms with van der Waals surface area (Å²) < 4.78 is 30.7. The summed E-state index contributed by atoms with van der Waals surface area (Å²) in [6.07, 6.45) is 0. The number of amides is 1. The Morgan fingerprint density at radius 3 is 2.44 bits per heavy atom. The fraction of sp³-hybridized carbons (Fsp3) is 0.167. The second-order valence-electron chi connectivity index (χ2n) is 2.50. The molecule has 0 saturated carbocycles. The van der Waals surface area contributed by atoms with Crippen molar-refractivity contribution in [1.29, 1.82) is 0 Å². The number of aromatic nitrogens is 2. The molecule has 0 saturated heterocycles. The van der Waals surface area contributed by atoms with Gasteiger partial charge in [-0.05, 0) is 12.1 Å². The quantitative estimate of drug-likeness (QED) is 0.193. The Balaban J connectivity index is 0. The number of nitrogens with one attached hydrogen (secondary N) is 1. The van der Waals surface area contributed by atoms with Crippen molar-refractivity contribution < 1.29 is 76.9 Å². The topological polar surface area (TPSA) is 112 Å². The molecule has 1 aromatic heterocycles. The molecule has 0 aliphatic heterocycles. The number of thiol groups is 1. The number of hydrogen-bond donors (Lipinski definition) is 1. The fourth-order valence-electron chi connectivity index (χ4n) is 0.703. The SMILES string of the molecule is O=C(C[SH-]S(=O)(=O)[O-])Nc1ccc(Cl)nn1.[Na+].[Na+]. The van der Waals surface area contributed by atoms with Gasteiger partial charge in [0.15, 0.2) is 11.0 Å². The van der Waals surface area contributed by atoms with Gasteiger partial charge in [0.1, 0.15) is 0 Å². The summed E-state index contributed by atoms with van der Waals surface area (Å²) in [5, 5.41) is 9.40. The Labute approximate surface area is 157 Å². The van der Waals surface area contributed by atoms with E-state index in [0.29, 0.717) is 0 Å². The van der Waals surface area contributed by atoms with Crippen molar-refractivity contribution in [3.8, 4) is 0 Å². The Morgan fingerprint density at radius 1 is 1.39 bits per heavy atom. The van der Waals surface area contributed by atoms with Crippen LogP contribution < -0.4 is 64.4 Å². The number of hydrogen-bond acceptors (Lipinski definition) is 7. The van der Waals surface area contributed by atoms with Crippen molar-refractivity contribution in [1.82, 2.24) is 10.2 Å². The average molecular weight is 330 g/mol. The number of anilines is 1. The molecule has 12 heteroatoms. The molecule has 0 spiro atoms. The van der Waals surface area contributed by atoms with Crippen molar-refractivity contribution in [2.75, 3.05) is 11.1 Å². The zero-order valence-corrected chi connectivity index (χ0v) is 16.1. The van der Waals surface area contributed by atoms with Gasteiger partial charge in [-0.2, -0.15) is 0 Å². The summed E-state index contributed by atoms with van der Waals surface area (Å²) in [5.74, 6) is -0.957. The number of halogens is 1. The summed E-state index contributed by atoms with van der Waals surface area (Å²) >= 11 is 5.46. The molecule has 1 amide bonds. The van der Waals surface area contributed by atoms with Gasteiger partial charge in [0.05, 0.1) is 0 Å². The predicted molar refractivity (Wildman–Crippen MR) is 59.0 cm³/mol.